The molecule has 45 heavy (non-hydrogen) atoms. The summed E-state index contributed by atoms with van der Waals surface area (Å²) in [6, 6.07) is 8.00. The first-order valence-corrected chi connectivity index (χ1v) is 15.6. The minimum absolute atomic E-state index is 0.00897. The molecule has 15 heteroatoms. The molecule has 6 rings (SSSR count). The summed E-state index contributed by atoms with van der Waals surface area (Å²) in [5.74, 6) is -2.73. The topological polar surface area (TPSA) is 125 Å². The van der Waals surface area contributed by atoms with Gasteiger partial charge in [-0.2, -0.15) is 17.5 Å². The standard InChI is InChI=1S/C30H28F3N7O4S/c1-17-6-7-19(24(13-26(41)42)23-8-10-40-27(18(23)2)36-37-29(40)30(31,32)33)11-20(17)15-38-16-22-5-4-9-39(22)28-25(45(38,43)44)12-21(34-3)14-35-28/h6-8,10-12,14,22,24H,4-5,9,13,15-16H2,1-2H3,(H,41,42)/t22-,24-/m0/s1. The van der Waals surface area contributed by atoms with E-state index in [1.807, 2.05) is 11.8 Å². The molecule has 2 aliphatic rings. The Hall–Kier alpha value is -4.55. The fourth-order valence-electron chi connectivity index (χ4n) is 6.34. The summed E-state index contributed by atoms with van der Waals surface area (Å²) < 4.78 is 70.7. The van der Waals surface area contributed by atoms with Crippen LogP contribution >= 0.6 is 0 Å². The van der Waals surface area contributed by atoms with Gasteiger partial charge in [0, 0.05) is 44.0 Å². The number of alkyl halides is 3. The van der Waals surface area contributed by atoms with E-state index in [9.17, 15) is 31.5 Å². The predicted octanol–water partition coefficient (Wildman–Crippen LogP) is 5.09. The Labute approximate surface area is 256 Å². The van der Waals surface area contributed by atoms with Gasteiger partial charge in [-0.15, -0.1) is 10.2 Å². The van der Waals surface area contributed by atoms with Gasteiger partial charge in [0.25, 0.3) is 0 Å². The molecule has 0 bridgehead atoms. The number of carboxylic acid groups (broad SMARTS) is 1. The monoisotopic (exact) mass is 639 g/mol. The molecule has 0 aliphatic carbocycles. The van der Waals surface area contributed by atoms with Crippen LogP contribution in [0.25, 0.3) is 10.5 Å². The number of aryl methyl sites for hydroxylation is 2. The Morgan fingerprint density at radius 2 is 1.98 bits per heavy atom. The molecule has 2 atom stereocenters. The average molecular weight is 640 g/mol. The maximum Gasteiger partial charge on any atom is 0.452 e. The van der Waals surface area contributed by atoms with E-state index in [1.165, 1.54) is 28.8 Å². The van der Waals surface area contributed by atoms with Gasteiger partial charge in [0.15, 0.2) is 5.65 Å². The number of aromatic nitrogens is 4. The lowest BCUT2D eigenvalue weighted by Gasteiger charge is -2.26. The van der Waals surface area contributed by atoms with Crippen LogP contribution in [0.5, 0.6) is 0 Å². The largest absolute Gasteiger partial charge is 0.481 e. The summed E-state index contributed by atoms with van der Waals surface area (Å²) in [7, 11) is -4.07. The summed E-state index contributed by atoms with van der Waals surface area (Å²) in [4.78, 5) is 21.7. The number of carboxylic acids is 1. The number of benzene rings is 1. The minimum Gasteiger partial charge on any atom is -0.481 e. The average Bonchev–Trinajstić information content (AvgIpc) is 3.63. The Morgan fingerprint density at radius 3 is 2.69 bits per heavy atom. The molecule has 1 N–H and O–H groups in total. The van der Waals surface area contributed by atoms with Gasteiger partial charge < -0.3 is 10.0 Å². The number of aliphatic carboxylic acids is 1. The number of anilines is 1. The van der Waals surface area contributed by atoms with Crippen molar-refractivity contribution in [3.05, 3.63) is 87.8 Å². The van der Waals surface area contributed by atoms with Crippen molar-refractivity contribution in [2.24, 2.45) is 0 Å². The molecule has 3 aromatic heterocycles. The van der Waals surface area contributed by atoms with Crippen LogP contribution in [-0.2, 0) is 27.5 Å². The number of sulfonamides is 1. The maximum atomic E-state index is 14.1. The van der Waals surface area contributed by atoms with Crippen LogP contribution in [0.2, 0.25) is 0 Å². The molecule has 1 saturated heterocycles. The van der Waals surface area contributed by atoms with E-state index in [2.05, 4.69) is 20.0 Å². The second kappa shape index (κ2) is 11.1. The summed E-state index contributed by atoms with van der Waals surface area (Å²) in [5, 5.41) is 16.9. The van der Waals surface area contributed by atoms with Crippen LogP contribution in [0.3, 0.4) is 0 Å². The smallest absolute Gasteiger partial charge is 0.452 e. The number of fused-ring (bicyclic) bond motifs is 4. The van der Waals surface area contributed by atoms with Gasteiger partial charge in [0.1, 0.15) is 10.7 Å². The van der Waals surface area contributed by atoms with Crippen molar-refractivity contribution in [2.75, 3.05) is 18.0 Å². The van der Waals surface area contributed by atoms with Crippen LogP contribution < -0.4 is 4.90 Å². The molecule has 0 amide bonds. The number of pyridine rings is 2. The number of carbonyl (C=O) groups is 1. The summed E-state index contributed by atoms with van der Waals surface area (Å²) in [6.07, 6.45) is -0.877. The van der Waals surface area contributed by atoms with Crippen molar-refractivity contribution >= 4 is 33.1 Å². The van der Waals surface area contributed by atoms with Crippen LogP contribution in [0, 0.1) is 20.4 Å². The second-order valence-corrected chi connectivity index (χ2v) is 13.3. The Morgan fingerprint density at radius 1 is 1.20 bits per heavy atom. The van der Waals surface area contributed by atoms with E-state index in [0.29, 0.717) is 34.6 Å². The first-order chi connectivity index (χ1) is 21.3. The van der Waals surface area contributed by atoms with Crippen LogP contribution in [0.15, 0.2) is 47.6 Å². The third-order valence-corrected chi connectivity index (χ3v) is 10.4. The molecule has 5 heterocycles. The van der Waals surface area contributed by atoms with Crippen molar-refractivity contribution < 1.29 is 31.5 Å². The van der Waals surface area contributed by atoms with E-state index < -0.39 is 33.9 Å². The molecule has 234 valence electrons. The van der Waals surface area contributed by atoms with E-state index in [4.69, 9.17) is 6.57 Å². The molecular weight excluding hydrogens is 611 g/mol. The summed E-state index contributed by atoms with van der Waals surface area (Å²) in [6.45, 7) is 11.6. The van der Waals surface area contributed by atoms with E-state index in [-0.39, 0.29) is 41.8 Å². The number of rotatable bonds is 6. The van der Waals surface area contributed by atoms with Crippen molar-refractivity contribution in [3.63, 3.8) is 0 Å². The van der Waals surface area contributed by atoms with Gasteiger partial charge in [-0.05, 0) is 66.6 Å². The highest BCUT2D eigenvalue weighted by atomic mass is 32.2. The zero-order valence-electron chi connectivity index (χ0n) is 24.3. The lowest BCUT2D eigenvalue weighted by molar-refractivity contribution is -0.145. The highest BCUT2D eigenvalue weighted by Gasteiger charge is 2.41. The zero-order valence-corrected chi connectivity index (χ0v) is 25.1. The fourth-order valence-corrected chi connectivity index (χ4v) is 7.96. The summed E-state index contributed by atoms with van der Waals surface area (Å²) in [5.41, 5.74) is 2.89. The normalized spacial score (nSPS) is 18.7. The van der Waals surface area contributed by atoms with Crippen molar-refractivity contribution in [2.45, 2.75) is 62.7 Å². The van der Waals surface area contributed by atoms with Gasteiger partial charge in [0.2, 0.25) is 21.5 Å². The lowest BCUT2D eigenvalue weighted by Crippen LogP contribution is -2.39. The Balaban J connectivity index is 1.41. The molecule has 0 saturated carbocycles. The molecule has 2 aliphatic heterocycles. The van der Waals surface area contributed by atoms with Crippen LogP contribution in [0.1, 0.15) is 58.8 Å². The van der Waals surface area contributed by atoms with Crippen molar-refractivity contribution in [3.8, 4) is 0 Å². The molecule has 1 fully saturated rings. The van der Waals surface area contributed by atoms with Gasteiger partial charge in [-0.3, -0.25) is 9.20 Å². The third-order valence-electron chi connectivity index (χ3n) is 8.63. The van der Waals surface area contributed by atoms with Gasteiger partial charge in [-0.1, -0.05) is 18.2 Å². The Kier molecular flexibility index (Phi) is 7.52. The third kappa shape index (κ3) is 5.38. The van der Waals surface area contributed by atoms with Crippen LogP contribution in [0.4, 0.5) is 24.7 Å². The van der Waals surface area contributed by atoms with Gasteiger partial charge in [-0.25, -0.2) is 18.2 Å². The van der Waals surface area contributed by atoms with E-state index in [1.54, 1.807) is 25.1 Å². The first-order valence-electron chi connectivity index (χ1n) is 14.2. The highest BCUT2D eigenvalue weighted by molar-refractivity contribution is 7.89. The molecule has 1 aromatic carbocycles. The first kappa shape index (κ1) is 30.5. The number of nitrogens with zero attached hydrogens (tertiary/aromatic N) is 7. The molecule has 0 spiro atoms. The molecular formula is C30H28F3N7O4S. The fraction of sp³-hybridized carbons (Fsp3) is 0.367. The lowest BCUT2D eigenvalue weighted by atomic mass is 9.85. The van der Waals surface area contributed by atoms with Gasteiger partial charge >= 0.3 is 12.1 Å². The second-order valence-electron chi connectivity index (χ2n) is 11.4. The SMILES string of the molecule is [C-]#[N+]c1cnc2c(c1)S(=O)(=O)N(Cc1cc([C@H](CC(=O)O)c3ccn4c(C(F)(F)F)nnc4c3C)ccc1C)C[C@@H]1CCCN21. The molecule has 0 radical (unpaired) electrons. The summed E-state index contributed by atoms with van der Waals surface area (Å²) >= 11 is 0. The zero-order chi connectivity index (χ0) is 32.3. The number of hydrogen-bond donors (Lipinski definition) is 1. The number of hydrogen-bond acceptors (Lipinski definition) is 7. The molecule has 0 unspecified atom stereocenters. The van der Waals surface area contributed by atoms with E-state index in [0.717, 1.165) is 22.8 Å². The van der Waals surface area contributed by atoms with Crippen molar-refractivity contribution in [1.29, 1.82) is 0 Å². The number of halogens is 3. The van der Waals surface area contributed by atoms with Crippen molar-refractivity contribution in [1.82, 2.24) is 23.9 Å². The quantitative estimate of drug-likeness (QED) is 0.289. The molecule has 4 aromatic rings. The predicted molar refractivity (Wildman–Crippen MR) is 156 cm³/mol. The molecule has 11 nitrogen and oxygen atoms in total. The van der Waals surface area contributed by atoms with Gasteiger partial charge in [0.05, 0.1) is 13.0 Å². The van der Waals surface area contributed by atoms with E-state index >= 15 is 0 Å². The minimum atomic E-state index is -4.73. The highest BCUT2D eigenvalue weighted by Crippen LogP contribution is 2.39. The Bertz CT molecular complexity index is 1990. The van der Waals surface area contributed by atoms with Crippen LogP contribution in [-0.4, -0.2) is 62.5 Å². The maximum absolute atomic E-state index is 14.1.